The summed E-state index contributed by atoms with van der Waals surface area (Å²) in [5, 5.41) is 21.9. The van der Waals surface area contributed by atoms with Crippen LogP contribution in [0.1, 0.15) is 117 Å². The molecule has 0 saturated carbocycles. The molecule has 0 spiro atoms. The number of nitrogens with zero attached hydrogens (tertiary/aromatic N) is 2. The van der Waals surface area contributed by atoms with Crippen LogP contribution in [-0.2, 0) is 14.4 Å². The molecule has 1 saturated heterocycles. The van der Waals surface area contributed by atoms with Gasteiger partial charge in [0, 0.05) is 51.0 Å². The maximum Gasteiger partial charge on any atom is 0.249 e. The summed E-state index contributed by atoms with van der Waals surface area (Å²) in [6, 6.07) is 0. The number of unbranched alkanes of at least 4 members (excludes halogenated alkanes) is 11. The van der Waals surface area contributed by atoms with Crippen molar-refractivity contribution in [3.63, 3.8) is 0 Å². The first-order chi connectivity index (χ1) is 18.7. The molecule has 1 rings (SSSR count). The van der Waals surface area contributed by atoms with Crippen LogP contribution in [0, 0.1) is 5.41 Å². The van der Waals surface area contributed by atoms with E-state index in [9.17, 15) is 24.6 Å². The number of nitrogens with one attached hydrogen (secondary N) is 1. The SMILES string of the molecule is CCCCCCCCC=CCCCCCCCC(=O)N1CCN(C(=O)CCNC(=O)C(O)C(C)(C)CO)CC1. The Bertz CT molecular complexity index is 717. The third kappa shape index (κ3) is 15.4. The van der Waals surface area contributed by atoms with Gasteiger partial charge in [-0.2, -0.15) is 0 Å². The van der Waals surface area contributed by atoms with E-state index in [1.165, 1.54) is 64.2 Å². The number of carbonyl (C=O) groups is 3. The number of piperazine rings is 1. The predicted molar refractivity (Wildman–Crippen MR) is 157 cm³/mol. The van der Waals surface area contributed by atoms with E-state index >= 15 is 0 Å². The van der Waals surface area contributed by atoms with Crippen molar-refractivity contribution in [3.05, 3.63) is 12.2 Å². The summed E-state index contributed by atoms with van der Waals surface area (Å²) in [6.45, 7) is 7.37. The fourth-order valence-electron chi connectivity index (χ4n) is 4.70. The van der Waals surface area contributed by atoms with Crippen LogP contribution in [-0.4, -0.2) is 83.2 Å². The van der Waals surface area contributed by atoms with Crippen LogP contribution in [0.3, 0.4) is 0 Å². The van der Waals surface area contributed by atoms with Crippen molar-refractivity contribution in [2.75, 3.05) is 39.3 Å². The van der Waals surface area contributed by atoms with Gasteiger partial charge in [0.1, 0.15) is 6.10 Å². The van der Waals surface area contributed by atoms with Crippen molar-refractivity contribution >= 4 is 17.7 Å². The van der Waals surface area contributed by atoms with Crippen molar-refractivity contribution < 1.29 is 24.6 Å². The highest BCUT2D eigenvalue weighted by molar-refractivity contribution is 5.82. The zero-order chi connectivity index (χ0) is 28.9. The number of aliphatic hydroxyl groups excluding tert-OH is 2. The number of hydrogen-bond acceptors (Lipinski definition) is 5. The summed E-state index contributed by atoms with van der Waals surface area (Å²) >= 11 is 0. The molecule has 1 aliphatic rings. The lowest BCUT2D eigenvalue weighted by Crippen LogP contribution is -2.51. The Balaban J connectivity index is 2.05. The molecule has 1 heterocycles. The van der Waals surface area contributed by atoms with Gasteiger partial charge in [0.15, 0.2) is 0 Å². The molecule has 8 heteroatoms. The van der Waals surface area contributed by atoms with Crippen LogP contribution in [0.4, 0.5) is 0 Å². The molecule has 0 aromatic rings. The van der Waals surface area contributed by atoms with Gasteiger partial charge in [-0.15, -0.1) is 0 Å². The van der Waals surface area contributed by atoms with E-state index in [1.54, 1.807) is 18.7 Å². The summed E-state index contributed by atoms with van der Waals surface area (Å²) in [4.78, 5) is 40.6. The largest absolute Gasteiger partial charge is 0.396 e. The van der Waals surface area contributed by atoms with E-state index in [1.807, 2.05) is 4.90 Å². The molecular formula is C31H57N3O5. The number of hydrogen-bond donors (Lipinski definition) is 3. The highest BCUT2D eigenvalue weighted by Gasteiger charge is 2.33. The molecule has 1 atom stereocenters. The minimum atomic E-state index is -1.34. The van der Waals surface area contributed by atoms with Crippen LogP contribution in [0.2, 0.25) is 0 Å². The van der Waals surface area contributed by atoms with Gasteiger partial charge in [-0.3, -0.25) is 14.4 Å². The standard InChI is InChI=1S/C31H57N3O5/c1-4-5-6-7-8-9-10-11-12-13-14-15-16-17-18-19-27(36)33-22-24-34(25-23-33)28(37)20-21-32-30(39)29(38)31(2,3)26-35/h11-12,29,35,38H,4-10,13-26H2,1-3H3,(H,32,39). The second-order valence-electron chi connectivity index (χ2n) is 11.7. The second-order valence-corrected chi connectivity index (χ2v) is 11.7. The average Bonchev–Trinajstić information content (AvgIpc) is 2.94. The van der Waals surface area contributed by atoms with Crippen LogP contribution in [0.25, 0.3) is 0 Å². The van der Waals surface area contributed by atoms with Gasteiger partial charge < -0.3 is 25.3 Å². The van der Waals surface area contributed by atoms with E-state index in [2.05, 4.69) is 24.4 Å². The normalized spacial score (nSPS) is 15.1. The Morgan fingerprint density at radius 3 is 1.74 bits per heavy atom. The molecule has 1 unspecified atom stereocenters. The molecule has 1 aliphatic heterocycles. The fourth-order valence-corrected chi connectivity index (χ4v) is 4.70. The van der Waals surface area contributed by atoms with Crippen LogP contribution in [0.15, 0.2) is 12.2 Å². The Labute approximate surface area is 237 Å². The van der Waals surface area contributed by atoms with Gasteiger partial charge >= 0.3 is 0 Å². The molecule has 3 N–H and O–H groups in total. The maximum atomic E-state index is 12.5. The second kappa shape index (κ2) is 20.9. The number of amides is 3. The van der Waals surface area contributed by atoms with Crippen LogP contribution in [0.5, 0.6) is 0 Å². The minimum Gasteiger partial charge on any atom is -0.396 e. The van der Waals surface area contributed by atoms with Crippen molar-refractivity contribution in [1.82, 2.24) is 15.1 Å². The van der Waals surface area contributed by atoms with E-state index < -0.39 is 17.4 Å². The van der Waals surface area contributed by atoms with Gasteiger partial charge in [-0.05, 0) is 32.1 Å². The van der Waals surface area contributed by atoms with Crippen molar-refractivity contribution in [2.45, 2.75) is 123 Å². The maximum absolute atomic E-state index is 12.5. The lowest BCUT2D eigenvalue weighted by molar-refractivity contribution is -0.140. The van der Waals surface area contributed by atoms with Gasteiger partial charge in [-0.25, -0.2) is 0 Å². The molecule has 0 aromatic heterocycles. The van der Waals surface area contributed by atoms with Gasteiger partial charge in [-0.1, -0.05) is 84.3 Å². The van der Waals surface area contributed by atoms with Crippen molar-refractivity contribution in [1.29, 1.82) is 0 Å². The average molecular weight is 552 g/mol. The lowest BCUT2D eigenvalue weighted by Gasteiger charge is -2.35. The highest BCUT2D eigenvalue weighted by atomic mass is 16.3. The molecular weight excluding hydrogens is 494 g/mol. The molecule has 0 aromatic carbocycles. The predicted octanol–water partition coefficient (Wildman–Crippen LogP) is 4.58. The molecule has 39 heavy (non-hydrogen) atoms. The van der Waals surface area contributed by atoms with Gasteiger partial charge in [0.25, 0.3) is 0 Å². The van der Waals surface area contributed by atoms with Crippen molar-refractivity contribution in [2.24, 2.45) is 5.41 Å². The number of allylic oxidation sites excluding steroid dienone is 2. The number of rotatable bonds is 21. The molecule has 3 amide bonds. The molecule has 0 bridgehead atoms. The Morgan fingerprint density at radius 1 is 0.769 bits per heavy atom. The third-order valence-corrected chi connectivity index (χ3v) is 7.67. The van der Waals surface area contributed by atoms with Gasteiger partial charge in [0.05, 0.1) is 6.61 Å². The first-order valence-electron chi connectivity index (χ1n) is 15.5. The Hall–Kier alpha value is -1.93. The summed E-state index contributed by atoms with van der Waals surface area (Å²) in [6.07, 6.45) is 20.2. The molecule has 0 radical (unpaired) electrons. The molecule has 0 aliphatic carbocycles. The third-order valence-electron chi connectivity index (χ3n) is 7.67. The minimum absolute atomic E-state index is 0.0736. The molecule has 8 nitrogen and oxygen atoms in total. The van der Waals surface area contributed by atoms with Crippen LogP contribution >= 0.6 is 0 Å². The van der Waals surface area contributed by atoms with E-state index in [-0.39, 0.29) is 31.4 Å². The number of aliphatic hydroxyl groups is 2. The fraction of sp³-hybridized carbons (Fsp3) is 0.839. The Morgan fingerprint density at radius 2 is 1.23 bits per heavy atom. The first kappa shape index (κ1) is 35.1. The van der Waals surface area contributed by atoms with E-state index in [4.69, 9.17) is 0 Å². The number of carbonyl (C=O) groups excluding carboxylic acids is 3. The summed E-state index contributed by atoms with van der Waals surface area (Å²) in [5.41, 5.74) is -0.943. The lowest BCUT2D eigenvalue weighted by atomic mass is 9.87. The van der Waals surface area contributed by atoms with E-state index in [0.29, 0.717) is 32.6 Å². The van der Waals surface area contributed by atoms with Crippen molar-refractivity contribution in [3.8, 4) is 0 Å². The zero-order valence-corrected chi connectivity index (χ0v) is 25.1. The quantitative estimate of drug-likeness (QED) is 0.143. The zero-order valence-electron chi connectivity index (χ0n) is 25.1. The first-order valence-corrected chi connectivity index (χ1v) is 15.5. The highest BCUT2D eigenvalue weighted by Crippen LogP contribution is 2.19. The summed E-state index contributed by atoms with van der Waals surface area (Å²) < 4.78 is 0. The van der Waals surface area contributed by atoms with Gasteiger partial charge in [0.2, 0.25) is 17.7 Å². The summed E-state index contributed by atoms with van der Waals surface area (Å²) in [5.74, 6) is -0.490. The summed E-state index contributed by atoms with van der Waals surface area (Å²) in [7, 11) is 0. The molecule has 1 fully saturated rings. The Kier molecular flexibility index (Phi) is 18.8. The van der Waals surface area contributed by atoms with Crippen LogP contribution < -0.4 is 5.32 Å². The smallest absolute Gasteiger partial charge is 0.249 e. The molecule has 226 valence electrons. The van der Waals surface area contributed by atoms with E-state index in [0.717, 1.165) is 19.3 Å². The monoisotopic (exact) mass is 551 g/mol. The topological polar surface area (TPSA) is 110 Å².